The normalized spacial score (nSPS) is 12.5. The predicted molar refractivity (Wildman–Crippen MR) is 152 cm³/mol. The smallest absolute Gasteiger partial charge is 0.244 e. The second kappa shape index (κ2) is 12.4. The molecule has 3 aromatic carbocycles. The van der Waals surface area contributed by atoms with Crippen molar-refractivity contribution in [1.82, 2.24) is 10.2 Å². The first kappa shape index (κ1) is 29.8. The molecule has 0 aromatic heterocycles. The molecule has 0 spiro atoms. The lowest BCUT2D eigenvalue weighted by molar-refractivity contribution is -0.139. The van der Waals surface area contributed by atoms with E-state index in [1.165, 1.54) is 24.1 Å². The van der Waals surface area contributed by atoms with E-state index in [0.717, 1.165) is 21.7 Å². The number of carbonyl (C=O) groups excluding carboxylic acids is 2. The van der Waals surface area contributed by atoms with Gasteiger partial charge in [0.1, 0.15) is 18.4 Å². The molecule has 0 saturated heterocycles. The van der Waals surface area contributed by atoms with Gasteiger partial charge in [-0.2, -0.15) is 0 Å². The molecule has 0 fully saturated rings. The van der Waals surface area contributed by atoms with E-state index in [0.29, 0.717) is 5.69 Å². The summed E-state index contributed by atoms with van der Waals surface area (Å²) in [4.78, 5) is 28.2. The highest BCUT2D eigenvalue weighted by molar-refractivity contribution is 7.92. The first-order valence-corrected chi connectivity index (χ1v) is 14.5. The van der Waals surface area contributed by atoms with Crippen LogP contribution < -0.4 is 9.62 Å². The molecular weight excluding hydrogens is 517 g/mol. The lowest BCUT2D eigenvalue weighted by Gasteiger charge is -2.33. The molecule has 3 rings (SSSR count). The summed E-state index contributed by atoms with van der Waals surface area (Å²) in [6, 6.07) is 21.2. The molecule has 2 amide bonds. The van der Waals surface area contributed by atoms with Crippen LogP contribution in [0.3, 0.4) is 0 Å². The standard InChI is InChI=1S/C30H36FN3O4S/c1-30(2,3)24-15-17-25(18-16-24)34(39(5,37)38)21-28(35)33(20-23-13-9-10-14-26(23)31)27(29(36)32-4)19-22-11-7-6-8-12-22/h6-18,27H,19-21H2,1-5H3,(H,32,36)/t27-/m0/s1. The van der Waals surface area contributed by atoms with Crippen LogP contribution >= 0.6 is 0 Å². The zero-order valence-corrected chi connectivity index (χ0v) is 23.8. The number of sulfonamides is 1. The molecule has 0 aliphatic rings. The van der Waals surface area contributed by atoms with Gasteiger partial charge in [-0.25, -0.2) is 12.8 Å². The zero-order valence-electron chi connectivity index (χ0n) is 23.0. The second-order valence-electron chi connectivity index (χ2n) is 10.5. The molecule has 208 valence electrons. The SMILES string of the molecule is CNC(=O)[C@H](Cc1ccccc1)N(Cc1ccccc1F)C(=O)CN(c1ccc(C(C)(C)C)cc1)S(C)(=O)=O. The first-order chi connectivity index (χ1) is 18.3. The van der Waals surface area contributed by atoms with Crippen molar-refractivity contribution in [3.8, 4) is 0 Å². The van der Waals surface area contributed by atoms with Crippen molar-refractivity contribution < 1.29 is 22.4 Å². The van der Waals surface area contributed by atoms with Crippen molar-refractivity contribution in [2.45, 2.75) is 45.2 Å². The maximum atomic E-state index is 14.7. The Morgan fingerprint density at radius 2 is 1.51 bits per heavy atom. The van der Waals surface area contributed by atoms with Crippen LogP contribution in [-0.2, 0) is 38.0 Å². The van der Waals surface area contributed by atoms with Crippen LogP contribution in [0.15, 0.2) is 78.9 Å². The van der Waals surface area contributed by atoms with Crippen molar-refractivity contribution in [1.29, 1.82) is 0 Å². The van der Waals surface area contributed by atoms with Crippen LogP contribution in [-0.4, -0.2) is 51.0 Å². The fourth-order valence-electron chi connectivity index (χ4n) is 4.27. The minimum absolute atomic E-state index is 0.140. The van der Waals surface area contributed by atoms with Gasteiger partial charge in [-0.15, -0.1) is 0 Å². The Kier molecular flexibility index (Phi) is 9.50. The van der Waals surface area contributed by atoms with Crippen molar-refractivity contribution in [2.24, 2.45) is 0 Å². The van der Waals surface area contributed by atoms with Gasteiger partial charge < -0.3 is 10.2 Å². The van der Waals surface area contributed by atoms with Gasteiger partial charge in [-0.05, 0) is 34.7 Å². The molecule has 9 heteroatoms. The maximum absolute atomic E-state index is 14.7. The van der Waals surface area contributed by atoms with E-state index in [1.54, 1.807) is 24.3 Å². The summed E-state index contributed by atoms with van der Waals surface area (Å²) in [5, 5.41) is 2.60. The topological polar surface area (TPSA) is 86.8 Å². The van der Waals surface area contributed by atoms with Crippen LogP contribution in [0.4, 0.5) is 10.1 Å². The van der Waals surface area contributed by atoms with Gasteiger partial charge in [-0.1, -0.05) is 81.4 Å². The van der Waals surface area contributed by atoms with Crippen molar-refractivity contribution in [3.63, 3.8) is 0 Å². The van der Waals surface area contributed by atoms with Gasteiger partial charge in [0.25, 0.3) is 0 Å². The number of carbonyl (C=O) groups is 2. The second-order valence-corrected chi connectivity index (χ2v) is 12.4. The highest BCUT2D eigenvalue weighted by Crippen LogP contribution is 2.26. The van der Waals surface area contributed by atoms with E-state index in [4.69, 9.17) is 0 Å². The van der Waals surface area contributed by atoms with Gasteiger partial charge in [-0.3, -0.25) is 13.9 Å². The Morgan fingerprint density at radius 3 is 2.05 bits per heavy atom. The Balaban J connectivity index is 2.03. The van der Waals surface area contributed by atoms with Crippen LogP contribution in [0.5, 0.6) is 0 Å². The summed E-state index contributed by atoms with van der Waals surface area (Å²) in [5.74, 6) is -1.60. The minimum atomic E-state index is -3.88. The Morgan fingerprint density at radius 1 is 0.923 bits per heavy atom. The average Bonchev–Trinajstić information content (AvgIpc) is 2.89. The van der Waals surface area contributed by atoms with Crippen LogP contribution in [0.1, 0.15) is 37.5 Å². The molecule has 0 aliphatic heterocycles. The third kappa shape index (κ3) is 7.89. The first-order valence-electron chi connectivity index (χ1n) is 12.7. The summed E-state index contributed by atoms with van der Waals surface area (Å²) in [6.07, 6.45) is 1.19. The lowest BCUT2D eigenvalue weighted by atomic mass is 9.87. The number of benzene rings is 3. The molecule has 1 atom stereocenters. The highest BCUT2D eigenvalue weighted by atomic mass is 32.2. The molecule has 0 aliphatic carbocycles. The predicted octanol–water partition coefficient (Wildman–Crippen LogP) is 4.28. The number of nitrogens with one attached hydrogen (secondary N) is 1. The maximum Gasteiger partial charge on any atom is 0.244 e. The summed E-state index contributed by atoms with van der Waals surface area (Å²) in [6.45, 7) is 5.38. The monoisotopic (exact) mass is 553 g/mol. The van der Waals surface area contributed by atoms with Crippen molar-refractivity contribution in [3.05, 3.63) is 101 Å². The zero-order chi connectivity index (χ0) is 28.8. The molecule has 0 radical (unpaired) electrons. The quantitative estimate of drug-likeness (QED) is 0.406. The van der Waals surface area contributed by atoms with E-state index in [2.05, 4.69) is 5.32 Å². The van der Waals surface area contributed by atoms with Gasteiger partial charge in [0.2, 0.25) is 21.8 Å². The summed E-state index contributed by atoms with van der Waals surface area (Å²) in [7, 11) is -2.41. The van der Waals surface area contributed by atoms with Crippen LogP contribution in [0.25, 0.3) is 0 Å². The molecule has 0 unspecified atom stereocenters. The van der Waals surface area contributed by atoms with Crippen molar-refractivity contribution in [2.75, 3.05) is 24.2 Å². The molecule has 3 aromatic rings. The van der Waals surface area contributed by atoms with Gasteiger partial charge in [0.15, 0.2) is 0 Å². The van der Waals surface area contributed by atoms with Crippen LogP contribution in [0, 0.1) is 5.82 Å². The number of nitrogens with zero attached hydrogens (tertiary/aromatic N) is 2. The number of amides is 2. The number of rotatable bonds is 10. The van der Waals surface area contributed by atoms with Gasteiger partial charge in [0.05, 0.1) is 11.9 Å². The minimum Gasteiger partial charge on any atom is -0.357 e. The molecule has 39 heavy (non-hydrogen) atoms. The summed E-state index contributed by atoms with van der Waals surface area (Å²) < 4.78 is 41.4. The lowest BCUT2D eigenvalue weighted by Crippen LogP contribution is -2.53. The molecule has 0 heterocycles. The Labute approximate surface area is 230 Å². The number of halogens is 1. The molecule has 0 saturated carbocycles. The van der Waals surface area contributed by atoms with E-state index >= 15 is 0 Å². The van der Waals surface area contributed by atoms with E-state index in [1.807, 2.05) is 63.2 Å². The summed E-state index contributed by atoms with van der Waals surface area (Å²) >= 11 is 0. The van der Waals surface area contributed by atoms with E-state index in [9.17, 15) is 22.4 Å². The highest BCUT2D eigenvalue weighted by Gasteiger charge is 2.33. The molecule has 1 N–H and O–H groups in total. The van der Waals surface area contributed by atoms with Crippen LogP contribution in [0.2, 0.25) is 0 Å². The number of hydrogen-bond acceptors (Lipinski definition) is 4. The Bertz CT molecular complexity index is 1390. The third-order valence-corrected chi connectivity index (χ3v) is 7.66. The Hall–Kier alpha value is -3.72. The number of hydrogen-bond donors (Lipinski definition) is 1. The van der Waals surface area contributed by atoms with Gasteiger partial charge in [0, 0.05) is 25.6 Å². The fourth-order valence-corrected chi connectivity index (χ4v) is 5.12. The molecular formula is C30H36FN3O4S. The molecule has 7 nitrogen and oxygen atoms in total. The summed E-state index contributed by atoms with van der Waals surface area (Å²) in [5.41, 5.74) is 2.21. The van der Waals surface area contributed by atoms with Gasteiger partial charge >= 0.3 is 0 Å². The molecule has 0 bridgehead atoms. The largest absolute Gasteiger partial charge is 0.357 e. The average molecular weight is 554 g/mol. The van der Waals surface area contributed by atoms with E-state index < -0.39 is 40.2 Å². The number of likely N-dealkylation sites (N-methyl/N-ethyl adjacent to an activating group) is 1. The number of anilines is 1. The van der Waals surface area contributed by atoms with E-state index in [-0.39, 0.29) is 23.9 Å². The third-order valence-electron chi connectivity index (χ3n) is 6.52. The fraction of sp³-hybridized carbons (Fsp3) is 0.333. The van der Waals surface area contributed by atoms with Crippen molar-refractivity contribution >= 4 is 27.5 Å².